The number of Topliss-reactive ketones (excluding diaryl/α,β-unsaturated/α-hetero) is 1. The minimum Gasteiger partial charge on any atom is -0.291 e. The van der Waals surface area contributed by atoms with Gasteiger partial charge in [0.1, 0.15) is 5.69 Å². The first-order valence-electron chi connectivity index (χ1n) is 5.05. The van der Waals surface area contributed by atoms with Crippen molar-refractivity contribution in [1.82, 2.24) is 15.0 Å². The van der Waals surface area contributed by atoms with E-state index in [4.69, 9.17) is 0 Å². The summed E-state index contributed by atoms with van der Waals surface area (Å²) in [4.78, 5) is 13.1. The average molecular weight is 391 g/mol. The van der Waals surface area contributed by atoms with Gasteiger partial charge in [-0.2, -0.15) is 0 Å². The van der Waals surface area contributed by atoms with Gasteiger partial charge in [0.15, 0.2) is 10.4 Å². The van der Waals surface area contributed by atoms with E-state index in [1.54, 1.807) is 7.05 Å². The Morgan fingerprint density at radius 2 is 2.11 bits per heavy atom. The van der Waals surface area contributed by atoms with Gasteiger partial charge < -0.3 is 0 Å². The summed E-state index contributed by atoms with van der Waals surface area (Å²) in [6.07, 6.45) is 0. The fourth-order valence-corrected chi connectivity index (χ4v) is 3.38. The number of halogens is 2. The Morgan fingerprint density at radius 1 is 1.39 bits per heavy atom. The smallest absolute Gasteiger partial charge is 0.193 e. The van der Waals surface area contributed by atoms with E-state index in [9.17, 15) is 4.79 Å². The second-order valence-electron chi connectivity index (χ2n) is 3.49. The molecule has 1 aromatic carbocycles. The van der Waals surface area contributed by atoms with Crippen molar-refractivity contribution in [3.8, 4) is 0 Å². The first kappa shape index (κ1) is 13.8. The molecule has 0 aliphatic carbocycles. The molecular formula is C11H9Br2N3OS. The van der Waals surface area contributed by atoms with Crippen LogP contribution in [0.4, 0.5) is 0 Å². The van der Waals surface area contributed by atoms with Crippen LogP contribution < -0.4 is 0 Å². The molecule has 0 aliphatic rings. The molecule has 2 rings (SSSR count). The van der Waals surface area contributed by atoms with Gasteiger partial charge in [0.2, 0.25) is 0 Å². The van der Waals surface area contributed by atoms with E-state index >= 15 is 0 Å². The number of thioether (sulfide) groups is 1. The van der Waals surface area contributed by atoms with Gasteiger partial charge >= 0.3 is 0 Å². The first-order valence-corrected chi connectivity index (χ1v) is 7.62. The molecule has 0 aliphatic heterocycles. The standard InChI is InChI=1S/C11H9Br2N3OS/c1-16-10(11(13)14-15-16)8(17)6-18-9-5-3-2-4-7(9)12/h2-5H,6H2,1H3. The summed E-state index contributed by atoms with van der Waals surface area (Å²) in [5.74, 6) is 0.345. The minimum absolute atomic E-state index is 0.00451. The Hall–Kier alpha value is -0.660. The maximum Gasteiger partial charge on any atom is 0.193 e. The first-order chi connectivity index (χ1) is 8.59. The fourth-order valence-electron chi connectivity index (χ4n) is 1.40. The molecule has 0 bridgehead atoms. The molecule has 0 saturated carbocycles. The lowest BCUT2D eigenvalue weighted by molar-refractivity contribution is 0.101. The highest BCUT2D eigenvalue weighted by molar-refractivity contribution is 9.10. The lowest BCUT2D eigenvalue weighted by Crippen LogP contribution is -2.09. The number of carbonyl (C=O) groups is 1. The lowest BCUT2D eigenvalue weighted by atomic mass is 10.3. The normalized spacial score (nSPS) is 10.6. The van der Waals surface area contributed by atoms with Crippen LogP contribution in [0.1, 0.15) is 10.5 Å². The summed E-state index contributed by atoms with van der Waals surface area (Å²) < 4.78 is 2.96. The number of benzene rings is 1. The molecule has 0 unspecified atom stereocenters. The molecule has 1 aromatic heterocycles. The van der Waals surface area contributed by atoms with Crippen LogP contribution in [0, 0.1) is 0 Å². The van der Waals surface area contributed by atoms with Crippen LogP contribution in [0.15, 0.2) is 38.2 Å². The van der Waals surface area contributed by atoms with E-state index < -0.39 is 0 Å². The number of carbonyl (C=O) groups excluding carboxylic acids is 1. The Morgan fingerprint density at radius 3 is 2.72 bits per heavy atom. The van der Waals surface area contributed by atoms with Crippen LogP contribution in [-0.4, -0.2) is 26.5 Å². The van der Waals surface area contributed by atoms with E-state index in [1.807, 2.05) is 24.3 Å². The third-order valence-corrected chi connectivity index (χ3v) is 4.81. The quantitative estimate of drug-likeness (QED) is 0.593. The van der Waals surface area contributed by atoms with Crippen molar-refractivity contribution in [2.24, 2.45) is 7.05 Å². The minimum atomic E-state index is -0.00451. The Bertz CT molecular complexity index is 566. The summed E-state index contributed by atoms with van der Waals surface area (Å²) in [7, 11) is 1.70. The van der Waals surface area contributed by atoms with Gasteiger partial charge in [-0.1, -0.05) is 17.3 Å². The number of ketones is 1. The Balaban J connectivity index is 2.08. The molecule has 0 N–H and O–H groups in total. The molecule has 0 atom stereocenters. The zero-order valence-corrected chi connectivity index (χ0v) is 13.4. The van der Waals surface area contributed by atoms with Crippen molar-refractivity contribution < 1.29 is 4.79 Å². The summed E-state index contributed by atoms with van der Waals surface area (Å²) in [6, 6.07) is 7.81. The average Bonchev–Trinajstić information content (AvgIpc) is 2.68. The second-order valence-corrected chi connectivity index (χ2v) is 6.12. The maximum absolute atomic E-state index is 12.1. The monoisotopic (exact) mass is 389 g/mol. The van der Waals surface area contributed by atoms with Crippen LogP contribution in [0.3, 0.4) is 0 Å². The van der Waals surface area contributed by atoms with Gasteiger partial charge in [-0.3, -0.25) is 4.79 Å². The van der Waals surface area contributed by atoms with E-state index in [0.717, 1.165) is 9.37 Å². The number of aryl methyl sites for hydroxylation is 1. The molecule has 0 amide bonds. The molecule has 4 nitrogen and oxygen atoms in total. The molecule has 0 fully saturated rings. The zero-order chi connectivity index (χ0) is 13.1. The number of hydrogen-bond donors (Lipinski definition) is 0. The van der Waals surface area contributed by atoms with Crippen molar-refractivity contribution in [2.75, 3.05) is 5.75 Å². The predicted molar refractivity (Wildman–Crippen MR) is 77.9 cm³/mol. The summed E-state index contributed by atoms with van der Waals surface area (Å²) in [5, 5.41) is 7.59. The van der Waals surface area contributed by atoms with Gasteiger partial charge in [0.25, 0.3) is 0 Å². The maximum atomic E-state index is 12.1. The van der Waals surface area contributed by atoms with Crippen LogP contribution in [0.25, 0.3) is 0 Å². The Labute approximate surface area is 125 Å². The van der Waals surface area contributed by atoms with Crippen molar-refractivity contribution in [1.29, 1.82) is 0 Å². The number of rotatable bonds is 4. The van der Waals surface area contributed by atoms with Crippen molar-refractivity contribution in [2.45, 2.75) is 4.90 Å². The van der Waals surface area contributed by atoms with Crippen molar-refractivity contribution in [3.05, 3.63) is 39.0 Å². The van der Waals surface area contributed by atoms with Gasteiger partial charge in [0, 0.05) is 16.4 Å². The molecular weight excluding hydrogens is 382 g/mol. The number of nitrogens with zero attached hydrogens (tertiary/aromatic N) is 3. The topological polar surface area (TPSA) is 47.8 Å². The largest absolute Gasteiger partial charge is 0.291 e. The summed E-state index contributed by atoms with van der Waals surface area (Å²) in [6.45, 7) is 0. The fraction of sp³-hybridized carbons (Fsp3) is 0.182. The summed E-state index contributed by atoms with van der Waals surface area (Å²) in [5.41, 5.74) is 0.495. The van der Waals surface area contributed by atoms with Crippen LogP contribution in [0.5, 0.6) is 0 Å². The Kier molecular flexibility index (Phi) is 4.58. The SMILES string of the molecule is Cn1nnc(Br)c1C(=O)CSc1ccccc1Br. The molecule has 7 heteroatoms. The van der Waals surface area contributed by atoms with Gasteiger partial charge in [-0.15, -0.1) is 16.9 Å². The third kappa shape index (κ3) is 3.02. The number of hydrogen-bond acceptors (Lipinski definition) is 4. The van der Waals surface area contributed by atoms with E-state index in [1.165, 1.54) is 16.4 Å². The molecule has 0 saturated heterocycles. The van der Waals surface area contributed by atoms with Gasteiger partial charge in [-0.05, 0) is 44.0 Å². The molecule has 94 valence electrons. The van der Waals surface area contributed by atoms with E-state index in [2.05, 4.69) is 42.2 Å². The second kappa shape index (κ2) is 5.99. The van der Waals surface area contributed by atoms with Crippen LogP contribution >= 0.6 is 43.6 Å². The molecule has 0 radical (unpaired) electrons. The highest BCUT2D eigenvalue weighted by Crippen LogP contribution is 2.28. The highest BCUT2D eigenvalue weighted by Gasteiger charge is 2.17. The molecule has 2 aromatic rings. The van der Waals surface area contributed by atoms with Gasteiger partial charge in [-0.25, -0.2) is 4.68 Å². The highest BCUT2D eigenvalue weighted by atomic mass is 79.9. The molecule has 0 spiro atoms. The lowest BCUT2D eigenvalue weighted by Gasteiger charge is -2.03. The van der Waals surface area contributed by atoms with Crippen LogP contribution in [0.2, 0.25) is 0 Å². The predicted octanol–water partition coefficient (Wildman–Crippen LogP) is 3.32. The summed E-state index contributed by atoms with van der Waals surface area (Å²) >= 11 is 8.16. The van der Waals surface area contributed by atoms with Gasteiger partial charge in [0.05, 0.1) is 5.75 Å². The zero-order valence-electron chi connectivity index (χ0n) is 9.43. The van der Waals surface area contributed by atoms with E-state index in [-0.39, 0.29) is 5.78 Å². The van der Waals surface area contributed by atoms with Crippen LogP contribution in [-0.2, 0) is 7.05 Å². The number of aromatic nitrogens is 3. The third-order valence-electron chi connectivity index (χ3n) is 2.25. The van der Waals surface area contributed by atoms with Crippen molar-refractivity contribution >= 4 is 49.4 Å². The van der Waals surface area contributed by atoms with E-state index in [0.29, 0.717) is 16.0 Å². The van der Waals surface area contributed by atoms with Crippen molar-refractivity contribution in [3.63, 3.8) is 0 Å². The molecule has 18 heavy (non-hydrogen) atoms. The molecule has 1 heterocycles.